The molecule has 8 nitrogen and oxygen atoms in total. The molecule has 0 saturated carbocycles. The van der Waals surface area contributed by atoms with E-state index in [9.17, 15) is 18.0 Å². The SMILES string of the molecule is CN(c1ccccc1)S(=O)(=O)c1cccc(NC(=O)COC(=O)c2ccc[nH]2)c1. The van der Waals surface area contributed by atoms with Crippen LogP contribution in [0.4, 0.5) is 11.4 Å². The molecule has 2 N–H and O–H groups in total. The number of sulfonamides is 1. The summed E-state index contributed by atoms with van der Waals surface area (Å²) >= 11 is 0. The van der Waals surface area contributed by atoms with E-state index >= 15 is 0 Å². The van der Waals surface area contributed by atoms with Crippen LogP contribution in [0.15, 0.2) is 77.8 Å². The predicted molar refractivity (Wildman–Crippen MR) is 108 cm³/mol. The molecule has 0 spiro atoms. The normalized spacial score (nSPS) is 10.9. The molecule has 0 radical (unpaired) electrons. The maximum atomic E-state index is 12.9. The van der Waals surface area contributed by atoms with E-state index in [1.54, 1.807) is 48.7 Å². The van der Waals surface area contributed by atoms with Gasteiger partial charge in [-0.15, -0.1) is 0 Å². The Bertz CT molecular complexity index is 1100. The van der Waals surface area contributed by atoms with Gasteiger partial charge in [-0.25, -0.2) is 13.2 Å². The molecule has 9 heteroatoms. The third-order valence-electron chi connectivity index (χ3n) is 4.05. The van der Waals surface area contributed by atoms with Crippen molar-refractivity contribution in [3.05, 3.63) is 78.6 Å². The van der Waals surface area contributed by atoms with E-state index < -0.39 is 28.5 Å². The van der Waals surface area contributed by atoms with Gasteiger partial charge < -0.3 is 15.0 Å². The Morgan fingerprint density at radius 3 is 2.48 bits per heavy atom. The highest BCUT2D eigenvalue weighted by molar-refractivity contribution is 7.92. The second-order valence-electron chi connectivity index (χ2n) is 6.04. The molecule has 0 aliphatic carbocycles. The summed E-state index contributed by atoms with van der Waals surface area (Å²) in [5, 5.41) is 2.52. The molecule has 2 aromatic carbocycles. The van der Waals surface area contributed by atoms with Gasteiger partial charge in [-0.3, -0.25) is 9.10 Å². The minimum absolute atomic E-state index is 0.0185. The Morgan fingerprint density at radius 2 is 1.79 bits per heavy atom. The van der Waals surface area contributed by atoms with Crippen molar-refractivity contribution in [2.24, 2.45) is 0 Å². The first-order valence-corrected chi connectivity index (χ1v) is 10.1. The maximum absolute atomic E-state index is 12.9. The lowest BCUT2D eigenvalue weighted by molar-refractivity contribution is -0.119. The molecule has 29 heavy (non-hydrogen) atoms. The number of aromatic amines is 1. The Kier molecular flexibility index (Phi) is 5.99. The standard InChI is InChI=1S/C20H19N3O5S/c1-23(16-8-3-2-4-9-16)29(26,27)17-10-5-7-15(13-17)22-19(24)14-28-20(25)18-11-6-12-21-18/h2-13,21H,14H2,1H3,(H,22,24). The maximum Gasteiger partial charge on any atom is 0.355 e. The van der Waals surface area contributed by atoms with E-state index in [-0.39, 0.29) is 16.3 Å². The average molecular weight is 413 g/mol. The van der Waals surface area contributed by atoms with E-state index in [2.05, 4.69) is 10.3 Å². The van der Waals surface area contributed by atoms with Gasteiger partial charge in [0.2, 0.25) is 0 Å². The number of esters is 1. The zero-order valence-corrected chi connectivity index (χ0v) is 16.3. The van der Waals surface area contributed by atoms with Crippen LogP contribution in [0.1, 0.15) is 10.5 Å². The van der Waals surface area contributed by atoms with Gasteiger partial charge in [0.05, 0.1) is 10.6 Å². The topological polar surface area (TPSA) is 109 Å². The second-order valence-corrected chi connectivity index (χ2v) is 8.01. The number of amides is 1. The fourth-order valence-corrected chi connectivity index (χ4v) is 3.77. The van der Waals surface area contributed by atoms with Crippen molar-refractivity contribution in [1.82, 2.24) is 4.98 Å². The number of rotatable bonds is 7. The molecule has 0 unspecified atom stereocenters. The van der Waals surface area contributed by atoms with Gasteiger partial charge in [-0.05, 0) is 42.5 Å². The second kappa shape index (κ2) is 8.61. The van der Waals surface area contributed by atoms with Crippen molar-refractivity contribution >= 4 is 33.3 Å². The smallest absolute Gasteiger partial charge is 0.355 e. The van der Waals surface area contributed by atoms with E-state index in [1.165, 1.54) is 31.3 Å². The van der Waals surface area contributed by atoms with Crippen molar-refractivity contribution in [3.8, 4) is 0 Å². The van der Waals surface area contributed by atoms with Crippen molar-refractivity contribution in [3.63, 3.8) is 0 Å². The number of para-hydroxylation sites is 1. The first-order valence-electron chi connectivity index (χ1n) is 8.62. The fraction of sp³-hybridized carbons (Fsp3) is 0.100. The van der Waals surface area contributed by atoms with Gasteiger partial charge in [0.15, 0.2) is 6.61 Å². The van der Waals surface area contributed by atoms with Crippen LogP contribution in [0.5, 0.6) is 0 Å². The molecule has 150 valence electrons. The number of carbonyl (C=O) groups is 2. The summed E-state index contributed by atoms with van der Waals surface area (Å²) < 4.78 is 31.8. The lowest BCUT2D eigenvalue weighted by Crippen LogP contribution is -2.26. The number of nitrogens with one attached hydrogen (secondary N) is 2. The summed E-state index contributed by atoms with van der Waals surface area (Å²) in [7, 11) is -2.36. The molecule has 3 rings (SSSR count). The first kappa shape index (κ1) is 20.2. The molecule has 1 heterocycles. The van der Waals surface area contributed by atoms with Crippen LogP contribution >= 0.6 is 0 Å². The van der Waals surface area contributed by atoms with Crippen molar-refractivity contribution < 1.29 is 22.7 Å². The van der Waals surface area contributed by atoms with E-state index in [0.29, 0.717) is 5.69 Å². The van der Waals surface area contributed by atoms with Crippen LogP contribution in [0, 0.1) is 0 Å². The van der Waals surface area contributed by atoms with Crippen LogP contribution in [0.25, 0.3) is 0 Å². The Morgan fingerprint density at radius 1 is 1.03 bits per heavy atom. The van der Waals surface area contributed by atoms with Gasteiger partial charge in [0.1, 0.15) is 5.69 Å². The summed E-state index contributed by atoms with van der Waals surface area (Å²) in [4.78, 5) is 26.5. The minimum Gasteiger partial charge on any atom is -0.451 e. The fourth-order valence-electron chi connectivity index (χ4n) is 2.53. The summed E-state index contributed by atoms with van der Waals surface area (Å²) in [6, 6.07) is 17.7. The molecule has 0 aliphatic heterocycles. The van der Waals surface area contributed by atoms with Crippen LogP contribution in [-0.2, 0) is 19.6 Å². The van der Waals surface area contributed by atoms with Crippen LogP contribution in [0.2, 0.25) is 0 Å². The highest BCUT2D eigenvalue weighted by Gasteiger charge is 2.21. The Labute approximate surface area is 168 Å². The molecular formula is C20H19N3O5S. The molecule has 0 saturated heterocycles. The highest BCUT2D eigenvalue weighted by atomic mass is 32.2. The van der Waals surface area contributed by atoms with Crippen LogP contribution < -0.4 is 9.62 Å². The van der Waals surface area contributed by atoms with Crippen molar-refractivity contribution in [2.45, 2.75) is 4.90 Å². The monoisotopic (exact) mass is 413 g/mol. The minimum atomic E-state index is -3.81. The Hall–Kier alpha value is -3.59. The van der Waals surface area contributed by atoms with Crippen LogP contribution in [-0.4, -0.2) is 38.9 Å². The number of carbonyl (C=O) groups excluding carboxylic acids is 2. The van der Waals surface area contributed by atoms with Gasteiger partial charge in [-0.2, -0.15) is 0 Å². The third kappa shape index (κ3) is 4.82. The van der Waals surface area contributed by atoms with Crippen LogP contribution in [0.3, 0.4) is 0 Å². The van der Waals surface area contributed by atoms with E-state index in [4.69, 9.17) is 4.74 Å². The quantitative estimate of drug-likeness (QED) is 0.579. The molecule has 0 bridgehead atoms. The largest absolute Gasteiger partial charge is 0.451 e. The molecule has 1 aromatic heterocycles. The molecule has 3 aromatic rings. The Balaban J connectivity index is 1.67. The van der Waals surface area contributed by atoms with E-state index in [0.717, 1.165) is 4.31 Å². The first-order chi connectivity index (χ1) is 13.9. The van der Waals surface area contributed by atoms with E-state index in [1.807, 2.05) is 0 Å². The average Bonchev–Trinajstić information content (AvgIpc) is 3.27. The van der Waals surface area contributed by atoms with Gasteiger partial charge in [0.25, 0.3) is 15.9 Å². The molecule has 0 aliphatic rings. The molecule has 0 fully saturated rings. The number of nitrogens with zero attached hydrogens (tertiary/aromatic N) is 1. The predicted octanol–water partition coefficient (Wildman–Crippen LogP) is 2.64. The molecule has 1 amide bonds. The zero-order valence-electron chi connectivity index (χ0n) is 15.5. The van der Waals surface area contributed by atoms with Gasteiger partial charge in [0, 0.05) is 18.9 Å². The van der Waals surface area contributed by atoms with Gasteiger partial charge >= 0.3 is 5.97 Å². The lowest BCUT2D eigenvalue weighted by Gasteiger charge is -2.19. The third-order valence-corrected chi connectivity index (χ3v) is 5.83. The highest BCUT2D eigenvalue weighted by Crippen LogP contribution is 2.23. The number of benzene rings is 2. The summed E-state index contributed by atoms with van der Waals surface area (Å²) in [5.41, 5.74) is 1.02. The number of H-pyrrole nitrogens is 1. The summed E-state index contributed by atoms with van der Waals surface area (Å²) in [5.74, 6) is -1.25. The summed E-state index contributed by atoms with van der Waals surface area (Å²) in [6.45, 7) is -0.501. The molecule has 0 atom stereocenters. The molecular weight excluding hydrogens is 394 g/mol. The van der Waals surface area contributed by atoms with Crippen molar-refractivity contribution in [1.29, 1.82) is 0 Å². The van der Waals surface area contributed by atoms with Crippen molar-refractivity contribution in [2.75, 3.05) is 23.3 Å². The lowest BCUT2D eigenvalue weighted by atomic mass is 10.3. The number of aromatic nitrogens is 1. The zero-order chi connectivity index (χ0) is 20.9. The number of hydrogen-bond donors (Lipinski definition) is 2. The number of hydrogen-bond acceptors (Lipinski definition) is 5. The van der Waals surface area contributed by atoms with Gasteiger partial charge in [-0.1, -0.05) is 24.3 Å². The number of anilines is 2. The summed E-state index contributed by atoms with van der Waals surface area (Å²) in [6.07, 6.45) is 1.56. The number of ether oxygens (including phenoxy) is 1.